The van der Waals surface area contributed by atoms with E-state index in [4.69, 9.17) is 10.5 Å². The number of esters is 1. The van der Waals surface area contributed by atoms with Crippen molar-refractivity contribution in [2.24, 2.45) is 5.73 Å². The molecule has 2 aliphatic rings. The molecule has 3 atom stereocenters. The Hall–Kier alpha value is -3.70. The van der Waals surface area contributed by atoms with Crippen LogP contribution in [0, 0.1) is 10.1 Å². The molecule has 2 heterocycles. The first-order chi connectivity index (χ1) is 16.3. The molecule has 0 aliphatic carbocycles. The highest BCUT2D eigenvalue weighted by molar-refractivity contribution is 8.00. The van der Waals surface area contributed by atoms with Gasteiger partial charge in [0.2, 0.25) is 5.91 Å². The number of nitro benzene ring substituents is 1. The fourth-order valence-corrected chi connectivity index (χ4v) is 5.04. The molecule has 10 nitrogen and oxygen atoms in total. The number of non-ortho nitro benzene ring substituents is 1. The molecule has 3 N–H and O–H groups in total. The van der Waals surface area contributed by atoms with E-state index >= 15 is 0 Å². The molecule has 4 rings (SSSR count). The molecule has 2 aromatic carbocycles. The van der Waals surface area contributed by atoms with Crippen LogP contribution < -0.4 is 11.1 Å². The van der Waals surface area contributed by atoms with Crippen molar-refractivity contribution < 1.29 is 24.0 Å². The highest BCUT2D eigenvalue weighted by Gasteiger charge is 2.54. The van der Waals surface area contributed by atoms with Crippen LogP contribution >= 0.6 is 11.8 Å². The molecule has 1 fully saturated rings. The number of fused-ring (bicyclic) bond motifs is 1. The number of amides is 2. The zero-order valence-electron chi connectivity index (χ0n) is 18.2. The number of β-lactam (4-membered cyclic amide) rings is 1. The number of nitrogens with zero attached hydrogens (tertiary/aromatic N) is 2. The van der Waals surface area contributed by atoms with Crippen LogP contribution in [-0.4, -0.2) is 44.8 Å². The van der Waals surface area contributed by atoms with E-state index in [0.29, 0.717) is 22.5 Å². The molecule has 0 radical (unpaired) electrons. The molecule has 0 bridgehead atoms. The first-order valence-electron chi connectivity index (χ1n) is 10.4. The predicted octanol–water partition coefficient (Wildman–Crippen LogP) is 2.01. The van der Waals surface area contributed by atoms with Gasteiger partial charge >= 0.3 is 5.97 Å². The molecule has 2 aliphatic heterocycles. The standard InChI is InChI=1S/C23H22N4O6S/c1-13-12-34-22-18(25-20(28)17(24)15-5-3-2-4-6-15)21(29)26(22)19(13)23(30)33-11-14-7-9-16(10-8-14)27(31)32/h2-10,17-18,22H,11-12,24H2,1H3,(H,25,28)/t17-,18-,22-/m1/s1. The minimum Gasteiger partial charge on any atom is -0.456 e. The van der Waals surface area contributed by atoms with E-state index in [9.17, 15) is 24.5 Å². The molecule has 0 spiro atoms. The Morgan fingerprint density at radius 3 is 2.56 bits per heavy atom. The van der Waals surface area contributed by atoms with Crippen LogP contribution in [0.15, 0.2) is 65.9 Å². The van der Waals surface area contributed by atoms with Gasteiger partial charge in [-0.25, -0.2) is 4.79 Å². The average Bonchev–Trinajstić information content (AvgIpc) is 2.85. The van der Waals surface area contributed by atoms with Gasteiger partial charge in [0.1, 0.15) is 29.8 Å². The smallest absolute Gasteiger partial charge is 0.355 e. The number of rotatable bonds is 7. The third-order valence-corrected chi connectivity index (χ3v) is 7.03. The van der Waals surface area contributed by atoms with Gasteiger partial charge in [0, 0.05) is 17.9 Å². The van der Waals surface area contributed by atoms with Gasteiger partial charge in [-0.1, -0.05) is 30.3 Å². The molecule has 0 unspecified atom stereocenters. The largest absolute Gasteiger partial charge is 0.456 e. The predicted molar refractivity (Wildman–Crippen MR) is 124 cm³/mol. The number of nitrogens with two attached hydrogens (primary N) is 1. The van der Waals surface area contributed by atoms with E-state index in [2.05, 4.69) is 5.32 Å². The van der Waals surface area contributed by atoms with Crippen LogP contribution in [0.25, 0.3) is 0 Å². The monoisotopic (exact) mass is 482 g/mol. The van der Waals surface area contributed by atoms with Crippen LogP contribution in [0.3, 0.4) is 0 Å². The van der Waals surface area contributed by atoms with Crippen molar-refractivity contribution in [1.29, 1.82) is 0 Å². The van der Waals surface area contributed by atoms with Gasteiger partial charge in [0.05, 0.1) is 4.92 Å². The number of carbonyl (C=O) groups is 3. The minimum atomic E-state index is -0.917. The van der Waals surface area contributed by atoms with E-state index in [1.165, 1.54) is 40.9 Å². The quantitative estimate of drug-likeness (QED) is 0.264. The average molecular weight is 483 g/mol. The van der Waals surface area contributed by atoms with E-state index in [0.717, 1.165) is 0 Å². The first-order valence-corrected chi connectivity index (χ1v) is 11.5. The Bertz CT molecular complexity index is 1170. The lowest BCUT2D eigenvalue weighted by Gasteiger charge is -2.49. The topological polar surface area (TPSA) is 145 Å². The van der Waals surface area contributed by atoms with Crippen molar-refractivity contribution in [2.75, 3.05) is 5.75 Å². The van der Waals surface area contributed by atoms with Crippen molar-refractivity contribution in [3.05, 3.63) is 87.1 Å². The second kappa shape index (κ2) is 9.65. The second-order valence-corrected chi connectivity index (χ2v) is 9.02. The molecular formula is C23H22N4O6S. The first kappa shape index (κ1) is 23.5. The van der Waals surface area contributed by atoms with Crippen molar-refractivity contribution in [2.45, 2.75) is 31.0 Å². The molecule has 0 saturated carbocycles. The number of carbonyl (C=O) groups excluding carboxylic acids is 3. The van der Waals surface area contributed by atoms with Crippen LogP contribution in [0.4, 0.5) is 5.69 Å². The van der Waals surface area contributed by atoms with Crippen molar-refractivity contribution >= 4 is 35.2 Å². The number of ether oxygens (including phenoxy) is 1. The van der Waals surface area contributed by atoms with Crippen LogP contribution in [0.1, 0.15) is 24.1 Å². The lowest BCUT2D eigenvalue weighted by molar-refractivity contribution is -0.384. The maximum atomic E-state index is 12.9. The lowest BCUT2D eigenvalue weighted by Crippen LogP contribution is -2.71. The van der Waals surface area contributed by atoms with Crippen molar-refractivity contribution in [3.8, 4) is 0 Å². The van der Waals surface area contributed by atoms with Gasteiger partial charge in [-0.2, -0.15) is 0 Å². The molecule has 1 saturated heterocycles. The van der Waals surface area contributed by atoms with Gasteiger partial charge in [-0.3, -0.25) is 24.6 Å². The summed E-state index contributed by atoms with van der Waals surface area (Å²) in [5.74, 6) is -1.06. The van der Waals surface area contributed by atoms with Crippen molar-refractivity contribution in [1.82, 2.24) is 10.2 Å². The number of hydrogen-bond donors (Lipinski definition) is 2. The summed E-state index contributed by atoms with van der Waals surface area (Å²) in [5, 5.41) is 13.0. The zero-order chi connectivity index (χ0) is 24.4. The van der Waals surface area contributed by atoms with Crippen LogP contribution in [0.2, 0.25) is 0 Å². The number of hydrogen-bond acceptors (Lipinski definition) is 8. The van der Waals surface area contributed by atoms with Gasteiger partial charge in [-0.15, -0.1) is 11.8 Å². The Kier molecular flexibility index (Phi) is 6.66. The highest BCUT2D eigenvalue weighted by Crippen LogP contribution is 2.40. The number of nitro groups is 1. The summed E-state index contributed by atoms with van der Waals surface area (Å²) < 4.78 is 5.37. The van der Waals surface area contributed by atoms with Crippen LogP contribution in [-0.2, 0) is 25.7 Å². The third-order valence-electron chi connectivity index (χ3n) is 5.61. The lowest BCUT2D eigenvalue weighted by atomic mass is 10.0. The van der Waals surface area contributed by atoms with Crippen LogP contribution in [0.5, 0.6) is 0 Å². The van der Waals surface area contributed by atoms with Gasteiger partial charge in [0.15, 0.2) is 0 Å². The molecule has 176 valence electrons. The highest BCUT2D eigenvalue weighted by atomic mass is 32.2. The van der Waals surface area contributed by atoms with E-state index < -0.39 is 40.2 Å². The molecule has 2 amide bonds. The number of thioether (sulfide) groups is 1. The maximum Gasteiger partial charge on any atom is 0.355 e. The summed E-state index contributed by atoms with van der Waals surface area (Å²) in [4.78, 5) is 49.9. The molecule has 2 aromatic rings. The Labute approximate surface area is 199 Å². The van der Waals surface area contributed by atoms with Gasteiger partial charge in [0.25, 0.3) is 11.6 Å². The Balaban J connectivity index is 1.39. The minimum absolute atomic E-state index is 0.0629. The molecule has 11 heteroatoms. The van der Waals surface area contributed by atoms with Crippen molar-refractivity contribution in [3.63, 3.8) is 0 Å². The maximum absolute atomic E-state index is 12.9. The summed E-state index contributed by atoms with van der Waals surface area (Å²) in [5.41, 5.74) is 8.03. The second-order valence-electron chi connectivity index (χ2n) is 7.91. The normalized spacial score (nSPS) is 20.2. The summed E-state index contributed by atoms with van der Waals surface area (Å²) in [7, 11) is 0. The molecular weight excluding hydrogens is 460 g/mol. The van der Waals surface area contributed by atoms with E-state index in [1.54, 1.807) is 31.2 Å². The molecule has 34 heavy (non-hydrogen) atoms. The summed E-state index contributed by atoms with van der Waals surface area (Å²) in [6, 6.07) is 12.8. The molecule has 0 aromatic heterocycles. The van der Waals surface area contributed by atoms with Gasteiger partial charge in [-0.05, 0) is 35.8 Å². The zero-order valence-corrected chi connectivity index (χ0v) is 19.0. The van der Waals surface area contributed by atoms with Gasteiger partial charge < -0.3 is 15.8 Å². The number of nitrogens with one attached hydrogen (secondary N) is 1. The summed E-state index contributed by atoms with van der Waals surface area (Å²) in [6.07, 6.45) is 0. The SMILES string of the molecule is CC1=C(C(=O)OCc2ccc([N+](=O)[O-])cc2)N2C(=O)[C@@H](NC(=O)[C@H](N)c3ccccc3)[C@H]2SC1. The Morgan fingerprint density at radius 1 is 1.24 bits per heavy atom. The third kappa shape index (κ3) is 4.52. The summed E-state index contributed by atoms with van der Waals surface area (Å²) in [6.45, 7) is 1.65. The fraction of sp³-hybridized carbons (Fsp3) is 0.261. The summed E-state index contributed by atoms with van der Waals surface area (Å²) >= 11 is 1.44. The van der Waals surface area contributed by atoms with E-state index in [1.807, 2.05) is 6.07 Å². The number of benzene rings is 2. The fourth-order valence-electron chi connectivity index (χ4n) is 3.75. The Morgan fingerprint density at radius 2 is 1.91 bits per heavy atom. The van der Waals surface area contributed by atoms with E-state index in [-0.39, 0.29) is 18.0 Å².